The summed E-state index contributed by atoms with van der Waals surface area (Å²) >= 11 is 0. The Kier molecular flexibility index (Phi) is 6.77. The molecule has 0 amide bonds. The predicted molar refractivity (Wildman–Crippen MR) is 91.4 cm³/mol. The van der Waals surface area contributed by atoms with E-state index in [1.165, 1.54) is 0 Å². The molecule has 1 rings (SSSR count). The van der Waals surface area contributed by atoms with Crippen molar-refractivity contribution in [3.05, 3.63) is 22.8 Å². The zero-order valence-electron chi connectivity index (χ0n) is 15.3. The van der Waals surface area contributed by atoms with E-state index >= 15 is 0 Å². The van der Waals surface area contributed by atoms with Gasteiger partial charge in [0, 0.05) is 0 Å². The molecule has 1 aliphatic carbocycles. The molecule has 0 saturated carbocycles. The molecule has 0 aromatic carbocycles. The number of ether oxygens (including phenoxy) is 1. The number of aliphatic hydroxyl groups excluding tert-OH is 4. The predicted octanol–water partition coefficient (Wildman–Crippen LogP) is 0.381. The lowest BCUT2D eigenvalue weighted by molar-refractivity contribution is -0.0946. The second kappa shape index (κ2) is 7.64. The average Bonchev–Trinajstić information content (AvgIpc) is 2.52. The fourth-order valence-corrected chi connectivity index (χ4v) is 2.81. The Hall–Kier alpha value is -0.760. The summed E-state index contributed by atoms with van der Waals surface area (Å²) in [4.78, 5) is 0. The van der Waals surface area contributed by atoms with Gasteiger partial charge < -0.3 is 30.3 Å². The van der Waals surface area contributed by atoms with Gasteiger partial charge in [0.25, 0.3) is 0 Å². The SMILES string of the molecule is CC1=CC(O)(C(C)(C)C)C(O)C(C)=C1COCC(CO)(CO)CO. The van der Waals surface area contributed by atoms with E-state index in [1.54, 1.807) is 13.0 Å². The average molecular weight is 344 g/mol. The first-order chi connectivity index (χ1) is 11.0. The van der Waals surface area contributed by atoms with E-state index in [2.05, 4.69) is 0 Å². The van der Waals surface area contributed by atoms with Gasteiger partial charge in [0.15, 0.2) is 0 Å². The van der Waals surface area contributed by atoms with Gasteiger partial charge in [0.2, 0.25) is 0 Å². The molecule has 0 spiro atoms. The Morgan fingerprint density at radius 1 is 1.08 bits per heavy atom. The van der Waals surface area contributed by atoms with Crippen molar-refractivity contribution < 1.29 is 30.3 Å². The standard InChI is InChI=1S/C18H32O6/c1-12-6-18(23,16(3,4)5)15(22)13(2)14(12)7-24-11-17(8-19,9-20)10-21/h6,15,19-23H,7-11H2,1-5H3. The number of aliphatic hydroxyl groups is 5. The molecule has 0 aromatic rings. The molecule has 1 aliphatic rings. The van der Waals surface area contributed by atoms with Crippen LogP contribution in [0, 0.1) is 10.8 Å². The summed E-state index contributed by atoms with van der Waals surface area (Å²) < 4.78 is 5.58. The lowest BCUT2D eigenvalue weighted by Crippen LogP contribution is -2.53. The Bertz CT molecular complexity index is 490. The maximum Gasteiger partial charge on any atom is 0.118 e. The summed E-state index contributed by atoms with van der Waals surface area (Å²) in [6, 6.07) is 0. The Labute approximate surface area is 144 Å². The van der Waals surface area contributed by atoms with Gasteiger partial charge in [-0.3, -0.25) is 0 Å². The maximum absolute atomic E-state index is 10.9. The number of hydrogen-bond donors (Lipinski definition) is 5. The van der Waals surface area contributed by atoms with Gasteiger partial charge in [0.1, 0.15) is 11.7 Å². The third kappa shape index (κ3) is 3.90. The van der Waals surface area contributed by atoms with E-state index in [0.29, 0.717) is 5.57 Å². The smallest absolute Gasteiger partial charge is 0.118 e. The van der Waals surface area contributed by atoms with E-state index in [-0.39, 0.29) is 33.0 Å². The van der Waals surface area contributed by atoms with E-state index < -0.39 is 22.5 Å². The van der Waals surface area contributed by atoms with Crippen molar-refractivity contribution in [1.29, 1.82) is 0 Å². The highest BCUT2D eigenvalue weighted by atomic mass is 16.5. The highest BCUT2D eigenvalue weighted by Gasteiger charge is 2.47. The molecule has 0 bridgehead atoms. The molecule has 2 atom stereocenters. The van der Waals surface area contributed by atoms with Crippen LogP contribution in [0.5, 0.6) is 0 Å². The molecular formula is C18H32O6. The van der Waals surface area contributed by atoms with Crippen LogP contribution in [0.3, 0.4) is 0 Å². The molecule has 6 heteroatoms. The van der Waals surface area contributed by atoms with Crippen LogP contribution in [0.4, 0.5) is 0 Å². The summed E-state index contributed by atoms with van der Waals surface area (Å²) in [7, 11) is 0. The molecular weight excluding hydrogens is 312 g/mol. The van der Waals surface area contributed by atoms with Crippen molar-refractivity contribution in [2.45, 2.75) is 46.3 Å². The quantitative estimate of drug-likeness (QED) is 0.457. The van der Waals surface area contributed by atoms with Crippen molar-refractivity contribution in [3.63, 3.8) is 0 Å². The van der Waals surface area contributed by atoms with E-state index in [1.807, 2.05) is 27.7 Å². The summed E-state index contributed by atoms with van der Waals surface area (Å²) in [6.45, 7) is 8.19. The zero-order valence-corrected chi connectivity index (χ0v) is 15.3. The number of rotatable bonds is 7. The topological polar surface area (TPSA) is 110 Å². The second-order valence-corrected chi connectivity index (χ2v) is 7.93. The fourth-order valence-electron chi connectivity index (χ4n) is 2.81. The fraction of sp³-hybridized carbons (Fsp3) is 0.778. The van der Waals surface area contributed by atoms with Gasteiger partial charge in [-0.2, -0.15) is 0 Å². The minimum atomic E-state index is -1.37. The third-order valence-electron chi connectivity index (χ3n) is 5.08. The molecule has 0 saturated heterocycles. The first-order valence-corrected chi connectivity index (χ1v) is 8.18. The lowest BCUT2D eigenvalue weighted by atomic mass is 9.67. The monoisotopic (exact) mass is 344 g/mol. The zero-order chi connectivity index (χ0) is 18.8. The van der Waals surface area contributed by atoms with Crippen LogP contribution in [-0.4, -0.2) is 70.3 Å². The first kappa shape index (κ1) is 21.3. The van der Waals surface area contributed by atoms with Crippen molar-refractivity contribution in [2.24, 2.45) is 10.8 Å². The van der Waals surface area contributed by atoms with Gasteiger partial charge >= 0.3 is 0 Å². The maximum atomic E-state index is 10.9. The minimum absolute atomic E-state index is 0.0137. The summed E-state index contributed by atoms with van der Waals surface area (Å²) in [5.41, 5.74) is -0.769. The normalized spacial score (nSPS) is 25.9. The van der Waals surface area contributed by atoms with Gasteiger partial charge in [-0.25, -0.2) is 0 Å². The lowest BCUT2D eigenvalue weighted by Gasteiger charge is -2.45. The molecule has 24 heavy (non-hydrogen) atoms. The largest absolute Gasteiger partial charge is 0.396 e. The number of hydrogen-bond acceptors (Lipinski definition) is 6. The molecule has 0 fully saturated rings. The van der Waals surface area contributed by atoms with Crippen LogP contribution in [0.15, 0.2) is 22.8 Å². The summed E-state index contributed by atoms with van der Waals surface area (Å²) in [5, 5.41) is 49.5. The molecule has 2 unspecified atom stereocenters. The van der Waals surface area contributed by atoms with Crippen molar-refractivity contribution in [2.75, 3.05) is 33.0 Å². The highest BCUT2D eigenvalue weighted by molar-refractivity contribution is 5.44. The van der Waals surface area contributed by atoms with Crippen LogP contribution in [0.2, 0.25) is 0 Å². The van der Waals surface area contributed by atoms with E-state index in [0.717, 1.165) is 11.1 Å². The molecule has 6 nitrogen and oxygen atoms in total. The van der Waals surface area contributed by atoms with Crippen LogP contribution >= 0.6 is 0 Å². The summed E-state index contributed by atoms with van der Waals surface area (Å²) in [5.74, 6) is 0. The third-order valence-corrected chi connectivity index (χ3v) is 5.08. The molecule has 0 heterocycles. The van der Waals surface area contributed by atoms with E-state index in [4.69, 9.17) is 4.74 Å². The van der Waals surface area contributed by atoms with E-state index in [9.17, 15) is 25.5 Å². The van der Waals surface area contributed by atoms with Crippen LogP contribution in [-0.2, 0) is 4.74 Å². The first-order valence-electron chi connectivity index (χ1n) is 8.18. The highest BCUT2D eigenvalue weighted by Crippen LogP contribution is 2.42. The summed E-state index contributed by atoms with van der Waals surface area (Å²) in [6.07, 6.45) is 0.624. The Morgan fingerprint density at radius 2 is 1.58 bits per heavy atom. The molecule has 0 aromatic heterocycles. The van der Waals surface area contributed by atoms with Crippen LogP contribution in [0.1, 0.15) is 34.6 Å². The molecule has 140 valence electrons. The van der Waals surface area contributed by atoms with Gasteiger partial charge in [-0.1, -0.05) is 20.8 Å². The molecule has 0 aliphatic heterocycles. The van der Waals surface area contributed by atoms with Crippen molar-refractivity contribution >= 4 is 0 Å². The second-order valence-electron chi connectivity index (χ2n) is 7.93. The van der Waals surface area contributed by atoms with Gasteiger partial charge in [-0.05, 0) is 42.1 Å². The van der Waals surface area contributed by atoms with Gasteiger partial charge in [0.05, 0.1) is 38.4 Å². The Morgan fingerprint density at radius 3 is 2.00 bits per heavy atom. The van der Waals surface area contributed by atoms with Crippen LogP contribution < -0.4 is 0 Å². The minimum Gasteiger partial charge on any atom is -0.396 e. The van der Waals surface area contributed by atoms with Crippen molar-refractivity contribution in [3.8, 4) is 0 Å². The van der Waals surface area contributed by atoms with Crippen LogP contribution in [0.25, 0.3) is 0 Å². The Balaban J connectivity index is 2.93. The molecule has 5 N–H and O–H groups in total. The van der Waals surface area contributed by atoms with Gasteiger partial charge in [-0.15, -0.1) is 0 Å². The van der Waals surface area contributed by atoms with Crippen molar-refractivity contribution in [1.82, 2.24) is 0 Å². The molecule has 0 radical (unpaired) electrons.